The Balaban J connectivity index is 1.82. The summed E-state index contributed by atoms with van der Waals surface area (Å²) in [5.41, 5.74) is -0.267. The summed E-state index contributed by atoms with van der Waals surface area (Å²) in [5.74, 6) is 0.267. The number of carbonyl (C=O) groups is 1. The van der Waals surface area contributed by atoms with Crippen molar-refractivity contribution in [1.29, 1.82) is 0 Å². The van der Waals surface area contributed by atoms with E-state index in [1.54, 1.807) is 23.1 Å². The zero-order valence-electron chi connectivity index (χ0n) is 12.6. The van der Waals surface area contributed by atoms with Gasteiger partial charge in [-0.15, -0.1) is 0 Å². The lowest BCUT2D eigenvalue weighted by Crippen LogP contribution is -2.48. The molecule has 2 aromatic rings. The van der Waals surface area contributed by atoms with Crippen LogP contribution in [0.1, 0.15) is 28.9 Å². The zero-order chi connectivity index (χ0) is 16.4. The number of amides is 1. The average Bonchev–Trinajstić information content (AvgIpc) is 3.10. The second kappa shape index (κ2) is 6.17. The van der Waals surface area contributed by atoms with E-state index in [1.165, 1.54) is 13.3 Å². The Morgan fingerprint density at radius 2 is 2.35 bits per heavy atom. The van der Waals surface area contributed by atoms with Crippen molar-refractivity contribution in [2.75, 3.05) is 20.2 Å². The molecule has 0 aliphatic carbocycles. The largest absolute Gasteiger partial charge is 0.495 e. The first kappa shape index (κ1) is 15.8. The highest BCUT2D eigenvalue weighted by Gasteiger charge is 2.39. The van der Waals surface area contributed by atoms with Gasteiger partial charge in [-0.05, 0) is 31.0 Å². The first-order valence-electron chi connectivity index (χ1n) is 7.25. The van der Waals surface area contributed by atoms with Crippen LogP contribution in [0.2, 0.25) is 5.02 Å². The Morgan fingerprint density at radius 1 is 1.52 bits per heavy atom. The number of rotatable bonds is 3. The van der Waals surface area contributed by atoms with Crippen LogP contribution < -0.4 is 4.74 Å². The van der Waals surface area contributed by atoms with E-state index in [4.69, 9.17) is 16.3 Å². The van der Waals surface area contributed by atoms with E-state index in [0.717, 1.165) is 0 Å². The molecule has 1 aromatic heterocycles. The van der Waals surface area contributed by atoms with Gasteiger partial charge in [-0.1, -0.05) is 11.6 Å². The normalized spacial score (nSPS) is 21.3. The summed E-state index contributed by atoms with van der Waals surface area (Å²) in [6.07, 6.45) is 2.70. The van der Waals surface area contributed by atoms with Crippen LogP contribution in [-0.2, 0) is 5.60 Å². The maximum atomic E-state index is 12.7. The van der Waals surface area contributed by atoms with Gasteiger partial charge in [0.15, 0.2) is 0 Å². The van der Waals surface area contributed by atoms with Crippen LogP contribution in [0.25, 0.3) is 0 Å². The van der Waals surface area contributed by atoms with Crippen molar-refractivity contribution in [2.45, 2.75) is 18.4 Å². The second-order valence-corrected chi connectivity index (χ2v) is 5.97. The fraction of sp³-hybridized carbons (Fsp3) is 0.400. The van der Waals surface area contributed by atoms with Gasteiger partial charge < -0.3 is 14.7 Å². The molecule has 7 nitrogen and oxygen atoms in total. The molecule has 1 amide bonds. The predicted octanol–water partition coefficient (Wildman–Crippen LogP) is 1.59. The molecule has 0 unspecified atom stereocenters. The highest BCUT2D eigenvalue weighted by molar-refractivity contribution is 6.32. The fourth-order valence-corrected chi connectivity index (χ4v) is 3.01. The molecule has 3 rings (SSSR count). The summed E-state index contributed by atoms with van der Waals surface area (Å²) in [5, 5.41) is 21.4. The fourth-order valence-electron chi connectivity index (χ4n) is 2.82. The topological polar surface area (TPSA) is 91.3 Å². The molecule has 0 radical (unpaired) electrons. The molecular weight excluding hydrogens is 320 g/mol. The Morgan fingerprint density at radius 3 is 3.04 bits per heavy atom. The molecule has 1 atom stereocenters. The van der Waals surface area contributed by atoms with E-state index < -0.39 is 5.60 Å². The van der Waals surface area contributed by atoms with Gasteiger partial charge in [-0.25, -0.2) is 0 Å². The summed E-state index contributed by atoms with van der Waals surface area (Å²) >= 11 is 5.99. The average molecular weight is 337 g/mol. The lowest BCUT2D eigenvalue weighted by atomic mass is 9.89. The molecule has 1 fully saturated rings. The Hall–Kier alpha value is -2.12. The van der Waals surface area contributed by atoms with E-state index in [0.29, 0.717) is 41.4 Å². The lowest BCUT2D eigenvalue weighted by molar-refractivity contribution is -0.0320. The number of halogens is 1. The van der Waals surface area contributed by atoms with Gasteiger partial charge in [0.2, 0.25) is 0 Å². The number of H-pyrrole nitrogens is 1. The van der Waals surface area contributed by atoms with Crippen LogP contribution in [0.4, 0.5) is 0 Å². The number of ether oxygens (including phenoxy) is 1. The highest BCUT2D eigenvalue weighted by Crippen LogP contribution is 2.31. The molecule has 0 bridgehead atoms. The minimum absolute atomic E-state index is 0.170. The third kappa shape index (κ3) is 3.02. The number of nitrogens with zero attached hydrogens (tertiary/aromatic N) is 3. The summed E-state index contributed by atoms with van der Waals surface area (Å²) in [6.45, 7) is 0.743. The van der Waals surface area contributed by atoms with E-state index in [2.05, 4.69) is 15.4 Å². The second-order valence-electron chi connectivity index (χ2n) is 5.57. The number of aromatic amines is 1. The lowest BCUT2D eigenvalue weighted by Gasteiger charge is -2.38. The monoisotopic (exact) mass is 336 g/mol. The highest BCUT2D eigenvalue weighted by atomic mass is 35.5. The van der Waals surface area contributed by atoms with Gasteiger partial charge in [0.25, 0.3) is 5.91 Å². The van der Waals surface area contributed by atoms with Gasteiger partial charge >= 0.3 is 0 Å². The van der Waals surface area contributed by atoms with Gasteiger partial charge in [0.1, 0.15) is 17.0 Å². The van der Waals surface area contributed by atoms with Crippen molar-refractivity contribution in [3.8, 4) is 5.75 Å². The van der Waals surface area contributed by atoms with Crippen molar-refractivity contribution < 1.29 is 14.6 Å². The number of piperidine rings is 1. The molecule has 2 heterocycles. The molecule has 0 saturated carbocycles. The molecule has 122 valence electrons. The number of benzene rings is 1. The van der Waals surface area contributed by atoms with E-state index in [1.807, 2.05) is 0 Å². The maximum Gasteiger partial charge on any atom is 0.254 e. The number of nitrogens with one attached hydrogen (secondary N) is 1. The van der Waals surface area contributed by atoms with Gasteiger partial charge in [-0.3, -0.25) is 4.79 Å². The molecule has 1 saturated heterocycles. The van der Waals surface area contributed by atoms with Crippen molar-refractivity contribution in [3.05, 3.63) is 40.7 Å². The van der Waals surface area contributed by atoms with Crippen molar-refractivity contribution >= 4 is 17.5 Å². The number of likely N-dealkylation sites (tertiary alicyclic amines) is 1. The van der Waals surface area contributed by atoms with Gasteiger partial charge in [-0.2, -0.15) is 15.4 Å². The Kier molecular flexibility index (Phi) is 4.23. The zero-order valence-corrected chi connectivity index (χ0v) is 13.4. The van der Waals surface area contributed by atoms with Crippen LogP contribution >= 0.6 is 11.6 Å². The van der Waals surface area contributed by atoms with E-state index in [-0.39, 0.29) is 12.5 Å². The van der Waals surface area contributed by atoms with Gasteiger partial charge in [0, 0.05) is 12.1 Å². The molecule has 1 aliphatic heterocycles. The quantitative estimate of drug-likeness (QED) is 0.888. The van der Waals surface area contributed by atoms with Crippen LogP contribution in [0.5, 0.6) is 5.75 Å². The van der Waals surface area contributed by atoms with Crippen LogP contribution in [0.15, 0.2) is 24.4 Å². The number of aliphatic hydroxyl groups is 1. The van der Waals surface area contributed by atoms with Crippen molar-refractivity contribution in [3.63, 3.8) is 0 Å². The molecule has 1 aliphatic rings. The number of methoxy groups -OCH3 is 1. The van der Waals surface area contributed by atoms with E-state index >= 15 is 0 Å². The van der Waals surface area contributed by atoms with Crippen molar-refractivity contribution in [2.24, 2.45) is 0 Å². The Bertz CT molecular complexity index is 707. The number of aromatic nitrogens is 3. The molecule has 2 N–H and O–H groups in total. The summed E-state index contributed by atoms with van der Waals surface area (Å²) < 4.78 is 5.15. The summed E-state index contributed by atoms with van der Waals surface area (Å²) in [7, 11) is 1.50. The Labute approximate surface area is 138 Å². The predicted molar refractivity (Wildman–Crippen MR) is 83.4 cm³/mol. The van der Waals surface area contributed by atoms with Crippen LogP contribution in [0, 0.1) is 0 Å². The molecule has 1 aromatic carbocycles. The third-order valence-corrected chi connectivity index (χ3v) is 4.36. The van der Waals surface area contributed by atoms with Crippen LogP contribution in [0.3, 0.4) is 0 Å². The molecule has 8 heteroatoms. The minimum atomic E-state index is -1.18. The SMILES string of the molecule is COc1cc(C(=O)N2CCC[C@](O)(c3cn[nH]n3)C2)ccc1Cl. The number of β-amino-alcohol motifs (C(OH)–C–C–N with tert-alkyl or cyclic N) is 1. The van der Waals surface area contributed by atoms with Crippen LogP contribution in [-0.4, -0.2) is 51.5 Å². The number of hydrogen-bond acceptors (Lipinski definition) is 5. The van der Waals surface area contributed by atoms with Crippen molar-refractivity contribution in [1.82, 2.24) is 20.3 Å². The first-order chi connectivity index (χ1) is 11.0. The van der Waals surface area contributed by atoms with Gasteiger partial charge in [0.05, 0.1) is 24.9 Å². The smallest absolute Gasteiger partial charge is 0.254 e. The van der Waals surface area contributed by atoms with E-state index in [9.17, 15) is 9.90 Å². The molecule has 23 heavy (non-hydrogen) atoms. The summed E-state index contributed by atoms with van der Waals surface area (Å²) in [4.78, 5) is 14.3. The number of hydrogen-bond donors (Lipinski definition) is 2. The minimum Gasteiger partial charge on any atom is -0.495 e. The third-order valence-electron chi connectivity index (χ3n) is 4.05. The number of carbonyl (C=O) groups excluding carboxylic acids is 1. The molecule has 0 spiro atoms. The summed E-state index contributed by atoms with van der Waals surface area (Å²) in [6, 6.07) is 4.88. The molecular formula is C15H17ClN4O3. The first-order valence-corrected chi connectivity index (χ1v) is 7.63. The standard InChI is InChI=1S/C15H17ClN4O3/c1-23-12-7-10(3-4-11(12)16)14(21)20-6-2-5-15(22,9-20)13-8-17-19-18-13/h3-4,7-8,22H,2,5-6,9H2,1H3,(H,17,18,19)/t15-/m1/s1. The maximum absolute atomic E-state index is 12.7.